The van der Waals surface area contributed by atoms with Gasteiger partial charge in [0, 0.05) is 12.8 Å². The zero-order valence-electron chi connectivity index (χ0n) is 45.4. The third-order valence-corrected chi connectivity index (χ3v) is 14.3. The minimum atomic E-state index is -0.839. The van der Waals surface area contributed by atoms with Crippen LogP contribution in [0.3, 0.4) is 0 Å². The molecule has 0 aromatic rings. The number of amides is 1. The summed E-state index contributed by atoms with van der Waals surface area (Å²) >= 11 is 0. The summed E-state index contributed by atoms with van der Waals surface area (Å²) in [5.41, 5.74) is 0. The molecule has 0 aromatic carbocycles. The van der Waals surface area contributed by atoms with Gasteiger partial charge in [0.1, 0.15) is 0 Å². The lowest BCUT2D eigenvalue weighted by Crippen LogP contribution is -2.45. The van der Waals surface area contributed by atoms with Crippen molar-refractivity contribution in [3.63, 3.8) is 0 Å². The van der Waals surface area contributed by atoms with E-state index in [1.54, 1.807) is 6.08 Å². The van der Waals surface area contributed by atoms with E-state index in [0.717, 1.165) is 38.5 Å². The molecule has 0 aliphatic carbocycles. The van der Waals surface area contributed by atoms with Crippen LogP contribution in [0.5, 0.6) is 0 Å². The van der Waals surface area contributed by atoms with Crippen molar-refractivity contribution in [1.82, 2.24) is 5.32 Å². The molecular formula is C61H119NO5. The molecule has 0 bridgehead atoms. The second kappa shape index (κ2) is 57.2. The summed E-state index contributed by atoms with van der Waals surface area (Å²) in [6, 6.07) is -0.622. The van der Waals surface area contributed by atoms with Gasteiger partial charge in [0.05, 0.1) is 25.4 Å². The highest BCUT2D eigenvalue weighted by atomic mass is 16.5. The second-order valence-electron chi connectivity index (χ2n) is 21.0. The topological polar surface area (TPSA) is 95.9 Å². The first-order chi connectivity index (χ1) is 33.0. The number of aliphatic hydroxyl groups excluding tert-OH is 2. The number of carbonyl (C=O) groups is 2. The van der Waals surface area contributed by atoms with E-state index in [1.807, 2.05) is 6.08 Å². The average molecular weight is 947 g/mol. The van der Waals surface area contributed by atoms with Gasteiger partial charge in [-0.15, -0.1) is 0 Å². The molecule has 2 unspecified atom stereocenters. The Labute approximate surface area is 419 Å². The number of nitrogens with one attached hydrogen (secondary N) is 1. The van der Waals surface area contributed by atoms with Gasteiger partial charge >= 0.3 is 5.97 Å². The van der Waals surface area contributed by atoms with Gasteiger partial charge < -0.3 is 20.3 Å². The molecule has 0 radical (unpaired) electrons. The van der Waals surface area contributed by atoms with Crippen molar-refractivity contribution in [3.8, 4) is 0 Å². The number of carbonyl (C=O) groups excluding carboxylic acids is 2. The lowest BCUT2D eigenvalue weighted by atomic mass is 10.0. The summed E-state index contributed by atoms with van der Waals surface area (Å²) in [4.78, 5) is 24.4. The zero-order chi connectivity index (χ0) is 48.6. The molecule has 3 N–H and O–H groups in total. The van der Waals surface area contributed by atoms with Gasteiger partial charge in [-0.3, -0.25) is 9.59 Å². The molecule has 2 atom stereocenters. The molecule has 398 valence electrons. The van der Waals surface area contributed by atoms with Crippen molar-refractivity contribution in [3.05, 3.63) is 12.2 Å². The predicted octanol–water partition coefficient (Wildman–Crippen LogP) is 18.9. The monoisotopic (exact) mass is 946 g/mol. The Morgan fingerprint density at radius 2 is 0.687 bits per heavy atom. The van der Waals surface area contributed by atoms with E-state index in [9.17, 15) is 19.8 Å². The second-order valence-corrected chi connectivity index (χ2v) is 21.0. The molecular weight excluding hydrogens is 827 g/mol. The fraction of sp³-hybridized carbons (Fsp3) is 0.934. The lowest BCUT2D eigenvalue weighted by molar-refractivity contribution is -0.143. The van der Waals surface area contributed by atoms with Gasteiger partial charge in [0.15, 0.2) is 0 Å². The van der Waals surface area contributed by atoms with E-state index in [2.05, 4.69) is 19.2 Å². The Morgan fingerprint density at radius 1 is 0.403 bits per heavy atom. The van der Waals surface area contributed by atoms with Gasteiger partial charge in [-0.05, 0) is 32.1 Å². The molecule has 0 fully saturated rings. The number of hydrogen-bond donors (Lipinski definition) is 3. The van der Waals surface area contributed by atoms with E-state index in [-0.39, 0.29) is 18.5 Å². The van der Waals surface area contributed by atoms with Gasteiger partial charge in [0.25, 0.3) is 0 Å². The largest absolute Gasteiger partial charge is 0.466 e. The number of aliphatic hydroxyl groups is 2. The molecule has 0 heterocycles. The van der Waals surface area contributed by atoms with Crippen molar-refractivity contribution in [1.29, 1.82) is 0 Å². The van der Waals surface area contributed by atoms with Crippen LogP contribution in [-0.2, 0) is 14.3 Å². The summed E-state index contributed by atoms with van der Waals surface area (Å²) in [5, 5.41) is 23.0. The van der Waals surface area contributed by atoms with E-state index in [1.165, 1.54) is 276 Å². The number of esters is 1. The van der Waals surface area contributed by atoms with Crippen LogP contribution in [0.1, 0.15) is 341 Å². The molecule has 0 saturated carbocycles. The maximum atomic E-state index is 12.4. The summed E-state index contributed by atoms with van der Waals surface area (Å²) in [6.07, 6.45) is 68.4. The van der Waals surface area contributed by atoms with Crippen LogP contribution in [0, 0.1) is 0 Å². The van der Waals surface area contributed by atoms with E-state index < -0.39 is 12.1 Å². The van der Waals surface area contributed by atoms with Gasteiger partial charge in [0.2, 0.25) is 5.91 Å². The summed E-state index contributed by atoms with van der Waals surface area (Å²) < 4.78 is 5.48. The number of unbranched alkanes of at least 4 members (excludes halogenated alkanes) is 46. The molecule has 67 heavy (non-hydrogen) atoms. The van der Waals surface area contributed by atoms with Crippen molar-refractivity contribution in [2.45, 2.75) is 353 Å². The van der Waals surface area contributed by atoms with E-state index in [4.69, 9.17) is 4.74 Å². The van der Waals surface area contributed by atoms with Crippen LogP contribution in [0.2, 0.25) is 0 Å². The van der Waals surface area contributed by atoms with Crippen molar-refractivity contribution < 1.29 is 24.5 Å². The highest BCUT2D eigenvalue weighted by Crippen LogP contribution is 2.18. The van der Waals surface area contributed by atoms with Gasteiger partial charge in [-0.2, -0.15) is 0 Å². The third kappa shape index (κ3) is 53.8. The molecule has 0 aromatic heterocycles. The SMILES string of the molecule is CCCCCCCCCC/C=C/C(O)C(CO)NC(=O)CCCCCCCCCCCCCCCCCCCCCCCCCCCCCCOC(=O)CCCCCCCCCCCCCC. The van der Waals surface area contributed by atoms with Crippen molar-refractivity contribution in [2.24, 2.45) is 0 Å². The van der Waals surface area contributed by atoms with Crippen LogP contribution in [0.4, 0.5) is 0 Å². The molecule has 1 amide bonds. The van der Waals surface area contributed by atoms with Crippen molar-refractivity contribution in [2.75, 3.05) is 13.2 Å². The first-order valence-corrected chi connectivity index (χ1v) is 30.5. The fourth-order valence-electron chi connectivity index (χ4n) is 9.64. The summed E-state index contributed by atoms with van der Waals surface area (Å²) in [7, 11) is 0. The first-order valence-electron chi connectivity index (χ1n) is 30.5. The van der Waals surface area contributed by atoms with Crippen LogP contribution in [0.15, 0.2) is 12.2 Å². The van der Waals surface area contributed by atoms with Gasteiger partial charge in [-0.1, -0.05) is 309 Å². The molecule has 6 nitrogen and oxygen atoms in total. The number of hydrogen-bond acceptors (Lipinski definition) is 5. The zero-order valence-corrected chi connectivity index (χ0v) is 45.4. The molecule has 6 heteroatoms. The first kappa shape index (κ1) is 65.6. The smallest absolute Gasteiger partial charge is 0.305 e. The highest BCUT2D eigenvalue weighted by Gasteiger charge is 2.18. The molecule has 0 rings (SSSR count). The van der Waals surface area contributed by atoms with E-state index >= 15 is 0 Å². The summed E-state index contributed by atoms with van der Waals surface area (Å²) in [5.74, 6) is -0.0460. The Kier molecular flexibility index (Phi) is 56.0. The number of allylic oxidation sites excluding steroid dienone is 1. The van der Waals surface area contributed by atoms with E-state index in [0.29, 0.717) is 19.4 Å². The fourth-order valence-corrected chi connectivity index (χ4v) is 9.64. The lowest BCUT2D eigenvalue weighted by Gasteiger charge is -2.20. The standard InChI is InChI=1S/C61H119NO5/c1-3-5-7-9-11-13-15-35-39-43-47-51-55-61(66)67-56-52-48-44-40-36-33-31-29-27-25-23-21-19-17-16-18-20-22-24-26-28-30-32-34-38-42-46-50-54-60(65)62-58(57-63)59(64)53-49-45-41-37-14-12-10-8-6-4-2/h49,53,58-59,63-64H,3-48,50-52,54-57H2,1-2H3,(H,62,65)/b53-49+. The quantitative estimate of drug-likeness (QED) is 0.0321. The van der Waals surface area contributed by atoms with Crippen LogP contribution in [0.25, 0.3) is 0 Å². The third-order valence-electron chi connectivity index (χ3n) is 14.3. The van der Waals surface area contributed by atoms with Gasteiger partial charge in [-0.25, -0.2) is 0 Å². The van der Waals surface area contributed by atoms with Crippen LogP contribution >= 0.6 is 0 Å². The Balaban J connectivity index is 3.32. The van der Waals surface area contributed by atoms with Crippen LogP contribution in [-0.4, -0.2) is 47.4 Å². The molecule has 0 spiro atoms. The minimum Gasteiger partial charge on any atom is -0.466 e. The Hall–Kier alpha value is -1.40. The summed E-state index contributed by atoms with van der Waals surface area (Å²) in [6.45, 7) is 4.90. The Morgan fingerprint density at radius 3 is 1.01 bits per heavy atom. The average Bonchev–Trinajstić information content (AvgIpc) is 3.33. The molecule has 0 aliphatic rings. The maximum Gasteiger partial charge on any atom is 0.305 e. The molecule has 0 saturated heterocycles. The van der Waals surface area contributed by atoms with Crippen molar-refractivity contribution >= 4 is 11.9 Å². The number of ether oxygens (including phenoxy) is 1. The minimum absolute atomic E-state index is 0.0194. The predicted molar refractivity (Wildman–Crippen MR) is 292 cm³/mol. The highest BCUT2D eigenvalue weighted by molar-refractivity contribution is 5.76. The molecule has 0 aliphatic heterocycles. The number of rotatable bonds is 57. The normalized spacial score (nSPS) is 12.6. The van der Waals surface area contributed by atoms with Crippen LogP contribution < -0.4 is 5.32 Å². The Bertz CT molecular complexity index is 1000. The maximum absolute atomic E-state index is 12.4.